The first-order valence-electron chi connectivity index (χ1n) is 6.26. The van der Waals surface area contributed by atoms with E-state index in [0.29, 0.717) is 15.4 Å². The Morgan fingerprint density at radius 2 is 1.90 bits per heavy atom. The topological polar surface area (TPSA) is 47.8 Å². The van der Waals surface area contributed by atoms with Crippen molar-refractivity contribution in [2.24, 2.45) is 0 Å². The van der Waals surface area contributed by atoms with E-state index in [-0.39, 0.29) is 5.56 Å². The molecule has 4 nitrogen and oxygen atoms in total. The van der Waals surface area contributed by atoms with Gasteiger partial charge in [-0.2, -0.15) is 0 Å². The number of benzene rings is 1. The maximum absolute atomic E-state index is 12.7. The fourth-order valence-electron chi connectivity index (χ4n) is 2.27. The van der Waals surface area contributed by atoms with Crippen molar-refractivity contribution in [2.45, 2.75) is 0 Å². The minimum atomic E-state index is -0.0923. The van der Waals surface area contributed by atoms with Crippen LogP contribution in [0, 0.1) is 0 Å². The Morgan fingerprint density at radius 1 is 1.10 bits per heavy atom. The van der Waals surface area contributed by atoms with Crippen LogP contribution in [0.5, 0.6) is 0 Å². The van der Waals surface area contributed by atoms with Crippen LogP contribution in [0.15, 0.2) is 53.6 Å². The van der Waals surface area contributed by atoms with Gasteiger partial charge >= 0.3 is 0 Å². The summed E-state index contributed by atoms with van der Waals surface area (Å²) in [4.78, 5) is 22.1. The van der Waals surface area contributed by atoms with Crippen molar-refractivity contribution >= 4 is 43.4 Å². The second-order valence-electron chi connectivity index (χ2n) is 4.52. The highest BCUT2D eigenvalue weighted by Crippen LogP contribution is 2.29. The summed E-state index contributed by atoms with van der Waals surface area (Å²) < 4.78 is 2.13. The predicted octanol–water partition coefficient (Wildman–Crippen LogP) is 3.65. The lowest BCUT2D eigenvalue weighted by atomic mass is 10.3. The zero-order valence-corrected chi connectivity index (χ0v) is 12.2. The number of pyridine rings is 1. The molecule has 0 fully saturated rings. The molecule has 0 saturated carbocycles. The molecule has 4 rings (SSSR count). The number of rotatable bonds is 1. The Balaban J connectivity index is 2.08. The van der Waals surface area contributed by atoms with Crippen LogP contribution in [0.4, 0.5) is 0 Å². The molecule has 102 valence electrons. The van der Waals surface area contributed by atoms with Crippen molar-refractivity contribution < 1.29 is 0 Å². The summed E-state index contributed by atoms with van der Waals surface area (Å²) in [7, 11) is 0. The van der Waals surface area contributed by atoms with Crippen LogP contribution in [0.2, 0.25) is 5.15 Å². The summed E-state index contributed by atoms with van der Waals surface area (Å²) in [5.41, 5.74) is 1.38. The van der Waals surface area contributed by atoms with Crippen molar-refractivity contribution in [1.82, 2.24) is 14.5 Å². The van der Waals surface area contributed by atoms with Crippen LogP contribution < -0.4 is 5.56 Å². The van der Waals surface area contributed by atoms with Gasteiger partial charge in [-0.3, -0.25) is 9.36 Å². The lowest BCUT2D eigenvalue weighted by molar-refractivity contribution is 0.968. The highest BCUT2D eigenvalue weighted by molar-refractivity contribution is 7.25. The molecule has 0 aliphatic carbocycles. The normalized spacial score (nSPS) is 11.3. The van der Waals surface area contributed by atoms with Crippen LogP contribution in [-0.2, 0) is 0 Å². The zero-order valence-electron chi connectivity index (χ0n) is 10.7. The van der Waals surface area contributed by atoms with E-state index in [9.17, 15) is 4.79 Å². The number of thiophene rings is 1. The molecule has 0 amide bonds. The SMILES string of the molecule is O=c1c2sc3nc(Cl)ccc3c2ncn1-c1ccccc1. The molecule has 0 bridgehead atoms. The fraction of sp³-hybridized carbons (Fsp3) is 0. The summed E-state index contributed by atoms with van der Waals surface area (Å²) in [6, 6.07) is 13.0. The van der Waals surface area contributed by atoms with Gasteiger partial charge in [0.2, 0.25) is 0 Å². The van der Waals surface area contributed by atoms with E-state index >= 15 is 0 Å². The highest BCUT2D eigenvalue weighted by atomic mass is 35.5. The minimum absolute atomic E-state index is 0.0923. The van der Waals surface area contributed by atoms with Crippen molar-refractivity contribution in [3.05, 3.63) is 64.3 Å². The molecule has 0 spiro atoms. The molecule has 0 atom stereocenters. The van der Waals surface area contributed by atoms with Gasteiger partial charge in [0.05, 0.1) is 11.2 Å². The summed E-state index contributed by atoms with van der Waals surface area (Å²) in [5, 5.41) is 1.27. The molecular formula is C15H8ClN3OS. The average Bonchev–Trinajstić information content (AvgIpc) is 2.87. The zero-order chi connectivity index (χ0) is 14.4. The van der Waals surface area contributed by atoms with E-state index < -0.39 is 0 Å². The van der Waals surface area contributed by atoms with Gasteiger partial charge in [-0.15, -0.1) is 11.3 Å². The number of aromatic nitrogens is 3. The van der Waals surface area contributed by atoms with E-state index in [4.69, 9.17) is 11.6 Å². The van der Waals surface area contributed by atoms with Gasteiger partial charge in [0.25, 0.3) is 5.56 Å². The molecule has 0 N–H and O–H groups in total. The third-order valence-corrected chi connectivity index (χ3v) is 4.53. The highest BCUT2D eigenvalue weighted by Gasteiger charge is 2.13. The molecule has 21 heavy (non-hydrogen) atoms. The van der Waals surface area contributed by atoms with E-state index in [2.05, 4.69) is 9.97 Å². The molecule has 0 unspecified atom stereocenters. The maximum Gasteiger partial charge on any atom is 0.275 e. The van der Waals surface area contributed by atoms with Crippen molar-refractivity contribution in [3.63, 3.8) is 0 Å². The molecule has 4 aromatic rings. The lowest BCUT2D eigenvalue weighted by Gasteiger charge is -2.03. The van der Waals surface area contributed by atoms with Crippen LogP contribution in [-0.4, -0.2) is 14.5 Å². The van der Waals surface area contributed by atoms with Crippen LogP contribution >= 0.6 is 22.9 Å². The van der Waals surface area contributed by atoms with Gasteiger partial charge in [0, 0.05) is 5.39 Å². The monoisotopic (exact) mass is 313 g/mol. The Labute approximate surface area is 128 Å². The molecule has 0 radical (unpaired) electrons. The van der Waals surface area contributed by atoms with E-state index in [1.807, 2.05) is 36.4 Å². The van der Waals surface area contributed by atoms with E-state index in [1.165, 1.54) is 11.3 Å². The first-order valence-corrected chi connectivity index (χ1v) is 7.45. The maximum atomic E-state index is 12.7. The predicted molar refractivity (Wildman–Crippen MR) is 85.5 cm³/mol. The summed E-state index contributed by atoms with van der Waals surface area (Å²) in [5.74, 6) is 0. The number of fused-ring (bicyclic) bond motifs is 3. The average molecular weight is 314 g/mol. The van der Waals surface area contributed by atoms with Gasteiger partial charge in [-0.1, -0.05) is 29.8 Å². The van der Waals surface area contributed by atoms with Gasteiger partial charge in [-0.05, 0) is 24.3 Å². The quantitative estimate of drug-likeness (QED) is 0.504. The number of nitrogens with zero attached hydrogens (tertiary/aromatic N) is 3. The molecule has 6 heteroatoms. The minimum Gasteiger partial charge on any atom is -0.267 e. The molecule has 3 heterocycles. The molecule has 0 saturated heterocycles. The Morgan fingerprint density at radius 3 is 2.71 bits per heavy atom. The summed E-state index contributed by atoms with van der Waals surface area (Å²) in [6.07, 6.45) is 1.56. The van der Waals surface area contributed by atoms with Crippen LogP contribution in [0.1, 0.15) is 0 Å². The van der Waals surface area contributed by atoms with Gasteiger partial charge in [-0.25, -0.2) is 9.97 Å². The number of halogens is 1. The second-order valence-corrected chi connectivity index (χ2v) is 5.91. The van der Waals surface area contributed by atoms with Crippen LogP contribution in [0.25, 0.3) is 26.1 Å². The molecule has 0 aliphatic rings. The van der Waals surface area contributed by atoms with E-state index in [1.54, 1.807) is 17.0 Å². The van der Waals surface area contributed by atoms with Crippen molar-refractivity contribution in [3.8, 4) is 5.69 Å². The van der Waals surface area contributed by atoms with Gasteiger partial charge < -0.3 is 0 Å². The summed E-state index contributed by atoms with van der Waals surface area (Å²) in [6.45, 7) is 0. The van der Waals surface area contributed by atoms with E-state index in [0.717, 1.165) is 15.9 Å². The summed E-state index contributed by atoms with van der Waals surface area (Å²) >= 11 is 7.22. The standard InChI is InChI=1S/C15H8ClN3OS/c16-11-7-6-10-12-13(21-14(10)18-11)15(20)19(8-17-12)9-4-2-1-3-5-9/h1-8H. The first kappa shape index (κ1) is 12.5. The van der Waals surface area contributed by atoms with Gasteiger partial charge in [0.1, 0.15) is 21.0 Å². The molecular weight excluding hydrogens is 306 g/mol. The fourth-order valence-corrected chi connectivity index (χ4v) is 3.52. The smallest absolute Gasteiger partial charge is 0.267 e. The first-order chi connectivity index (χ1) is 10.2. The molecule has 3 aromatic heterocycles. The van der Waals surface area contributed by atoms with Crippen molar-refractivity contribution in [2.75, 3.05) is 0 Å². The lowest BCUT2D eigenvalue weighted by Crippen LogP contribution is -2.17. The number of para-hydroxylation sites is 1. The number of hydrogen-bond donors (Lipinski definition) is 0. The molecule has 0 aliphatic heterocycles. The van der Waals surface area contributed by atoms with Crippen molar-refractivity contribution in [1.29, 1.82) is 0 Å². The third kappa shape index (κ3) is 1.93. The second kappa shape index (κ2) is 4.65. The third-order valence-electron chi connectivity index (χ3n) is 3.24. The number of hydrogen-bond acceptors (Lipinski definition) is 4. The molecule has 1 aromatic carbocycles. The Kier molecular flexibility index (Phi) is 2.77. The largest absolute Gasteiger partial charge is 0.275 e. The Bertz CT molecular complexity index is 1020. The van der Waals surface area contributed by atoms with Crippen LogP contribution in [0.3, 0.4) is 0 Å². The Hall–Kier alpha value is -2.24. The van der Waals surface area contributed by atoms with Gasteiger partial charge in [0.15, 0.2) is 0 Å².